The van der Waals surface area contributed by atoms with Crippen molar-refractivity contribution in [2.24, 2.45) is 0 Å². The number of benzene rings is 1. The van der Waals surface area contributed by atoms with Crippen molar-refractivity contribution in [3.63, 3.8) is 0 Å². The summed E-state index contributed by atoms with van der Waals surface area (Å²) in [6.45, 7) is 3.42. The molecule has 0 amide bonds. The van der Waals surface area contributed by atoms with Crippen LogP contribution in [0.3, 0.4) is 0 Å². The van der Waals surface area contributed by atoms with Crippen molar-refractivity contribution in [3.05, 3.63) is 62.5 Å². The van der Waals surface area contributed by atoms with Crippen molar-refractivity contribution in [1.29, 1.82) is 0 Å². The molecule has 1 aromatic rings. The predicted octanol–water partition coefficient (Wildman–Crippen LogP) is 2.41. The average molecular weight is 418 g/mol. The van der Waals surface area contributed by atoms with Crippen LogP contribution in [0.1, 0.15) is 38.2 Å². The Kier molecular flexibility index (Phi) is 7.29. The van der Waals surface area contributed by atoms with Crippen LogP contribution < -0.4 is 5.32 Å². The number of rotatable bonds is 8. The molecule has 0 saturated heterocycles. The van der Waals surface area contributed by atoms with Gasteiger partial charge in [0.05, 0.1) is 37.1 Å². The minimum atomic E-state index is -1.16. The van der Waals surface area contributed by atoms with Gasteiger partial charge in [-0.2, -0.15) is 0 Å². The molecule has 30 heavy (non-hydrogen) atoms. The highest BCUT2D eigenvalue weighted by Crippen LogP contribution is 2.41. The van der Waals surface area contributed by atoms with E-state index in [-0.39, 0.29) is 29.9 Å². The van der Waals surface area contributed by atoms with Gasteiger partial charge < -0.3 is 19.9 Å². The molecule has 1 unspecified atom stereocenters. The normalized spacial score (nSPS) is 16.0. The molecule has 0 bridgehead atoms. The molecule has 2 rings (SSSR count). The van der Waals surface area contributed by atoms with E-state index in [1.807, 2.05) is 0 Å². The van der Waals surface area contributed by atoms with E-state index in [1.165, 1.54) is 31.4 Å². The van der Waals surface area contributed by atoms with Gasteiger partial charge in [-0.15, -0.1) is 0 Å². The molecule has 0 radical (unpaired) electrons. The van der Waals surface area contributed by atoms with Crippen molar-refractivity contribution >= 4 is 23.6 Å². The van der Waals surface area contributed by atoms with Gasteiger partial charge in [0.15, 0.2) is 0 Å². The highest BCUT2D eigenvalue weighted by atomic mass is 16.6. The van der Waals surface area contributed by atoms with E-state index in [9.17, 15) is 29.6 Å². The molecule has 10 nitrogen and oxygen atoms in total. The summed E-state index contributed by atoms with van der Waals surface area (Å²) in [5, 5.41) is 23.4. The Hall–Kier alpha value is -3.69. The Bertz CT molecular complexity index is 931. The first kappa shape index (κ1) is 22.6. The first-order valence-corrected chi connectivity index (χ1v) is 9.09. The zero-order valence-electron chi connectivity index (χ0n) is 16.8. The topological polar surface area (TPSA) is 145 Å². The van der Waals surface area contributed by atoms with Gasteiger partial charge in [0.25, 0.3) is 5.69 Å². The van der Waals surface area contributed by atoms with Crippen LogP contribution >= 0.6 is 0 Å². The van der Waals surface area contributed by atoms with E-state index >= 15 is 0 Å². The lowest BCUT2D eigenvalue weighted by Crippen LogP contribution is -2.31. The molecule has 160 valence electrons. The van der Waals surface area contributed by atoms with Crippen LogP contribution in [-0.2, 0) is 23.9 Å². The largest absolute Gasteiger partial charge is 0.481 e. The SMILES string of the molecule is CCOC(=O)CC1=C(CC(=O)O)C(c2ccc([N+](=O)[O-])cc2)C(C(=O)OC)=C(C)N1. The number of carboxylic acid groups (broad SMARTS) is 1. The van der Waals surface area contributed by atoms with Crippen molar-refractivity contribution in [3.8, 4) is 0 Å². The third-order valence-corrected chi connectivity index (χ3v) is 4.58. The van der Waals surface area contributed by atoms with Crippen molar-refractivity contribution in [2.75, 3.05) is 13.7 Å². The van der Waals surface area contributed by atoms with Gasteiger partial charge in [-0.1, -0.05) is 12.1 Å². The zero-order valence-corrected chi connectivity index (χ0v) is 16.8. The molecule has 0 spiro atoms. The van der Waals surface area contributed by atoms with Crippen LogP contribution in [0.5, 0.6) is 0 Å². The van der Waals surface area contributed by atoms with Crippen LogP contribution in [0.2, 0.25) is 0 Å². The number of carbonyl (C=O) groups excluding carboxylic acids is 2. The number of carboxylic acids is 1. The van der Waals surface area contributed by atoms with Gasteiger partial charge in [0.1, 0.15) is 0 Å². The number of nitro benzene ring substituents is 1. The fraction of sp³-hybridized carbons (Fsp3) is 0.350. The van der Waals surface area contributed by atoms with Gasteiger partial charge in [-0.25, -0.2) is 4.79 Å². The molecule has 1 aliphatic heterocycles. The maximum atomic E-state index is 12.5. The van der Waals surface area contributed by atoms with E-state index < -0.39 is 35.2 Å². The zero-order chi connectivity index (χ0) is 22.4. The Balaban J connectivity index is 2.66. The number of hydrogen-bond acceptors (Lipinski definition) is 8. The van der Waals surface area contributed by atoms with Crippen LogP contribution in [0.25, 0.3) is 0 Å². The minimum absolute atomic E-state index is 0.150. The van der Waals surface area contributed by atoms with E-state index in [4.69, 9.17) is 9.47 Å². The van der Waals surface area contributed by atoms with E-state index in [0.29, 0.717) is 17.0 Å². The number of methoxy groups -OCH3 is 1. The summed E-state index contributed by atoms with van der Waals surface area (Å²) < 4.78 is 9.84. The second-order valence-corrected chi connectivity index (χ2v) is 6.49. The number of dihydropyridines is 1. The number of ether oxygens (including phenoxy) is 2. The molecule has 2 N–H and O–H groups in total. The molecule has 1 aromatic carbocycles. The van der Waals surface area contributed by atoms with Gasteiger partial charge in [0, 0.05) is 29.4 Å². The van der Waals surface area contributed by atoms with Crippen LogP contribution in [0.15, 0.2) is 46.8 Å². The van der Waals surface area contributed by atoms with Crippen LogP contribution in [0.4, 0.5) is 5.69 Å². The van der Waals surface area contributed by atoms with Crippen LogP contribution in [0, 0.1) is 10.1 Å². The molecular formula is C20H22N2O8. The Labute approximate surface area is 172 Å². The van der Waals surface area contributed by atoms with Crippen molar-refractivity contribution in [1.82, 2.24) is 5.32 Å². The fourth-order valence-corrected chi connectivity index (χ4v) is 3.36. The van der Waals surface area contributed by atoms with Gasteiger partial charge in [-0.3, -0.25) is 19.7 Å². The maximum Gasteiger partial charge on any atom is 0.336 e. The van der Waals surface area contributed by atoms with Crippen LogP contribution in [-0.4, -0.2) is 41.7 Å². The lowest BCUT2D eigenvalue weighted by Gasteiger charge is -2.32. The molecule has 0 aliphatic carbocycles. The molecule has 0 aromatic heterocycles. The first-order valence-electron chi connectivity index (χ1n) is 9.09. The second kappa shape index (κ2) is 9.68. The van der Waals surface area contributed by atoms with Crippen molar-refractivity contribution in [2.45, 2.75) is 32.6 Å². The standard InChI is InChI=1S/C20H22N2O8/c1-4-30-17(25)10-15-14(9-16(23)24)19(18(11(2)21-15)20(26)29-3)12-5-7-13(8-6-12)22(27)28/h5-8,19,21H,4,9-10H2,1-3H3,(H,23,24). The number of nitrogens with one attached hydrogen (secondary N) is 1. The number of carbonyl (C=O) groups is 3. The Morgan fingerprint density at radius 2 is 1.83 bits per heavy atom. The number of allylic oxidation sites excluding steroid dienone is 1. The van der Waals surface area contributed by atoms with Gasteiger partial charge in [-0.05, 0) is 25.0 Å². The van der Waals surface area contributed by atoms with E-state index in [0.717, 1.165) is 0 Å². The minimum Gasteiger partial charge on any atom is -0.481 e. The van der Waals surface area contributed by atoms with E-state index in [1.54, 1.807) is 13.8 Å². The highest BCUT2D eigenvalue weighted by molar-refractivity contribution is 5.93. The molecule has 1 heterocycles. The number of nitrogens with zero attached hydrogens (tertiary/aromatic N) is 1. The third-order valence-electron chi connectivity index (χ3n) is 4.58. The van der Waals surface area contributed by atoms with Gasteiger partial charge >= 0.3 is 17.9 Å². The second-order valence-electron chi connectivity index (χ2n) is 6.49. The Morgan fingerprint density at radius 1 is 1.20 bits per heavy atom. The fourth-order valence-electron chi connectivity index (χ4n) is 3.36. The highest BCUT2D eigenvalue weighted by Gasteiger charge is 2.36. The average Bonchev–Trinajstić information content (AvgIpc) is 2.69. The quantitative estimate of drug-likeness (QED) is 0.369. The summed E-state index contributed by atoms with van der Waals surface area (Å²) >= 11 is 0. The lowest BCUT2D eigenvalue weighted by molar-refractivity contribution is -0.384. The van der Waals surface area contributed by atoms with Crippen molar-refractivity contribution < 1.29 is 33.9 Å². The molecular weight excluding hydrogens is 396 g/mol. The number of non-ortho nitro benzene ring substituents is 1. The maximum absolute atomic E-state index is 12.5. The lowest BCUT2D eigenvalue weighted by atomic mass is 9.78. The summed E-state index contributed by atoms with van der Waals surface area (Å²) in [6, 6.07) is 5.44. The summed E-state index contributed by atoms with van der Waals surface area (Å²) in [4.78, 5) is 46.6. The monoisotopic (exact) mass is 418 g/mol. The summed E-state index contributed by atoms with van der Waals surface area (Å²) in [7, 11) is 1.20. The summed E-state index contributed by atoms with van der Waals surface area (Å²) in [5.41, 5.74) is 1.44. The predicted molar refractivity (Wildman–Crippen MR) is 104 cm³/mol. The van der Waals surface area contributed by atoms with E-state index in [2.05, 4.69) is 5.32 Å². The summed E-state index contributed by atoms with van der Waals surface area (Å²) in [6.07, 6.45) is -0.678. The molecule has 1 aliphatic rings. The third kappa shape index (κ3) is 5.02. The van der Waals surface area contributed by atoms with Gasteiger partial charge in [0.2, 0.25) is 0 Å². The Morgan fingerprint density at radius 3 is 2.33 bits per heavy atom. The number of esters is 2. The number of aliphatic carboxylic acids is 1. The molecule has 0 saturated carbocycles. The molecule has 1 atom stereocenters. The number of hydrogen-bond donors (Lipinski definition) is 2. The smallest absolute Gasteiger partial charge is 0.336 e. The molecule has 0 fully saturated rings. The molecule has 10 heteroatoms. The number of nitro groups is 1. The first-order chi connectivity index (χ1) is 14.2. The summed E-state index contributed by atoms with van der Waals surface area (Å²) in [5.74, 6) is -3.26.